The van der Waals surface area contributed by atoms with Gasteiger partial charge in [-0.3, -0.25) is 4.79 Å². The normalized spacial score (nSPS) is 15.2. The number of benzene rings is 1. The summed E-state index contributed by atoms with van der Waals surface area (Å²) in [7, 11) is 0. The summed E-state index contributed by atoms with van der Waals surface area (Å²) in [5.41, 5.74) is 2.49. The molecule has 0 spiro atoms. The number of aryl methyl sites for hydroxylation is 2. The monoisotopic (exact) mass is 284 g/mol. The van der Waals surface area contributed by atoms with E-state index < -0.39 is 0 Å². The van der Waals surface area contributed by atoms with E-state index in [0.717, 1.165) is 37.1 Å². The van der Waals surface area contributed by atoms with Crippen LogP contribution >= 0.6 is 0 Å². The smallest absolute Gasteiger partial charge is 0.276 e. The van der Waals surface area contributed by atoms with Crippen molar-refractivity contribution in [2.24, 2.45) is 0 Å². The Hall–Kier alpha value is -2.10. The van der Waals surface area contributed by atoms with Gasteiger partial charge >= 0.3 is 0 Å². The highest BCUT2D eigenvalue weighted by atomic mass is 16.4. The summed E-state index contributed by atoms with van der Waals surface area (Å²) in [5.74, 6) is 1.13. The minimum Gasteiger partial charge on any atom is -0.441 e. The highest BCUT2D eigenvalue weighted by Gasteiger charge is 2.24. The van der Waals surface area contributed by atoms with E-state index in [9.17, 15) is 4.79 Å². The fourth-order valence-corrected chi connectivity index (χ4v) is 2.77. The second-order valence-corrected chi connectivity index (χ2v) is 5.59. The molecule has 0 saturated carbocycles. The molecule has 2 aromatic rings. The zero-order valence-electron chi connectivity index (χ0n) is 12.6. The minimum absolute atomic E-state index is 0.00390. The largest absolute Gasteiger partial charge is 0.441 e. The Balaban J connectivity index is 1.91. The van der Waals surface area contributed by atoms with Crippen molar-refractivity contribution in [2.45, 2.75) is 33.1 Å². The first-order valence-electron chi connectivity index (χ1n) is 7.49. The lowest BCUT2D eigenvalue weighted by Gasteiger charge is -2.25. The fourth-order valence-electron chi connectivity index (χ4n) is 2.77. The van der Waals surface area contributed by atoms with Gasteiger partial charge in [0.2, 0.25) is 5.89 Å². The van der Waals surface area contributed by atoms with E-state index in [4.69, 9.17) is 4.42 Å². The van der Waals surface area contributed by atoms with Gasteiger partial charge in [-0.25, -0.2) is 4.98 Å². The molecule has 0 atom stereocenters. The van der Waals surface area contributed by atoms with Gasteiger partial charge in [-0.05, 0) is 44.7 Å². The summed E-state index contributed by atoms with van der Waals surface area (Å²) >= 11 is 0. The SMILES string of the molecule is Cc1ccccc1-c1nc(C(=O)N2CCCCC2)c(C)o1. The zero-order valence-corrected chi connectivity index (χ0v) is 12.6. The number of piperidine rings is 1. The molecule has 0 unspecified atom stereocenters. The molecule has 1 aliphatic rings. The molecule has 1 amide bonds. The average Bonchev–Trinajstić information content (AvgIpc) is 2.89. The highest BCUT2D eigenvalue weighted by Crippen LogP contribution is 2.25. The first kappa shape index (κ1) is 13.9. The van der Waals surface area contributed by atoms with Crippen LogP contribution in [0.4, 0.5) is 0 Å². The standard InChI is InChI=1S/C17H20N2O2/c1-12-8-4-5-9-14(12)16-18-15(13(2)21-16)17(20)19-10-6-3-7-11-19/h4-5,8-9H,3,6-7,10-11H2,1-2H3. The van der Waals surface area contributed by atoms with Crippen LogP contribution in [-0.4, -0.2) is 28.9 Å². The zero-order chi connectivity index (χ0) is 14.8. The molecule has 1 aliphatic heterocycles. The van der Waals surface area contributed by atoms with Crippen LogP contribution in [0.25, 0.3) is 11.5 Å². The molecule has 0 bridgehead atoms. The third-order valence-electron chi connectivity index (χ3n) is 4.02. The number of oxazole rings is 1. The maximum Gasteiger partial charge on any atom is 0.276 e. The van der Waals surface area contributed by atoms with Crippen LogP contribution in [0.1, 0.15) is 41.1 Å². The summed E-state index contributed by atoms with van der Waals surface area (Å²) in [6, 6.07) is 7.92. The van der Waals surface area contributed by atoms with Gasteiger partial charge in [-0.2, -0.15) is 0 Å². The predicted octanol–water partition coefficient (Wildman–Crippen LogP) is 3.58. The van der Waals surface area contributed by atoms with Crippen LogP contribution in [0.15, 0.2) is 28.7 Å². The quantitative estimate of drug-likeness (QED) is 0.846. The summed E-state index contributed by atoms with van der Waals surface area (Å²) in [4.78, 5) is 18.9. The molecule has 2 heterocycles. The lowest BCUT2D eigenvalue weighted by Crippen LogP contribution is -2.36. The van der Waals surface area contributed by atoms with Crippen molar-refractivity contribution in [3.05, 3.63) is 41.3 Å². The van der Waals surface area contributed by atoms with Crippen LogP contribution in [0, 0.1) is 13.8 Å². The van der Waals surface area contributed by atoms with E-state index in [0.29, 0.717) is 17.3 Å². The third-order valence-corrected chi connectivity index (χ3v) is 4.02. The lowest BCUT2D eigenvalue weighted by molar-refractivity contribution is 0.0717. The van der Waals surface area contributed by atoms with Crippen molar-refractivity contribution in [1.29, 1.82) is 0 Å². The first-order chi connectivity index (χ1) is 10.2. The number of carbonyl (C=O) groups is 1. The fraction of sp³-hybridized carbons (Fsp3) is 0.412. The number of hydrogen-bond donors (Lipinski definition) is 0. The van der Waals surface area contributed by atoms with Crippen LogP contribution in [-0.2, 0) is 0 Å². The second-order valence-electron chi connectivity index (χ2n) is 5.59. The molecule has 110 valence electrons. The Labute approximate surface area is 124 Å². The number of hydrogen-bond acceptors (Lipinski definition) is 3. The van der Waals surface area contributed by atoms with E-state index >= 15 is 0 Å². The van der Waals surface area contributed by atoms with E-state index in [-0.39, 0.29) is 5.91 Å². The molecular weight excluding hydrogens is 264 g/mol. The number of amides is 1. The van der Waals surface area contributed by atoms with E-state index in [1.54, 1.807) is 0 Å². The van der Waals surface area contributed by atoms with Gasteiger partial charge in [0.05, 0.1) is 0 Å². The van der Waals surface area contributed by atoms with Crippen molar-refractivity contribution in [2.75, 3.05) is 13.1 Å². The minimum atomic E-state index is -0.00390. The third kappa shape index (κ3) is 2.71. The predicted molar refractivity (Wildman–Crippen MR) is 81.2 cm³/mol. The molecule has 0 aliphatic carbocycles. The first-order valence-corrected chi connectivity index (χ1v) is 7.49. The molecule has 0 radical (unpaired) electrons. The summed E-state index contributed by atoms with van der Waals surface area (Å²) in [6.45, 7) is 5.47. The van der Waals surface area contributed by atoms with Gasteiger partial charge in [0.15, 0.2) is 5.69 Å². The van der Waals surface area contributed by atoms with Gasteiger partial charge in [0.1, 0.15) is 5.76 Å². The van der Waals surface area contributed by atoms with Crippen molar-refractivity contribution < 1.29 is 9.21 Å². The number of likely N-dealkylation sites (tertiary alicyclic amines) is 1. The van der Waals surface area contributed by atoms with Gasteiger partial charge in [-0.1, -0.05) is 18.2 Å². The molecule has 1 saturated heterocycles. The summed E-state index contributed by atoms with van der Waals surface area (Å²) in [6.07, 6.45) is 3.36. The molecule has 21 heavy (non-hydrogen) atoms. The van der Waals surface area contributed by atoms with Crippen LogP contribution in [0.5, 0.6) is 0 Å². The Kier molecular flexibility index (Phi) is 3.78. The maximum atomic E-state index is 12.6. The number of carbonyl (C=O) groups excluding carboxylic acids is 1. The number of rotatable bonds is 2. The molecule has 1 aromatic carbocycles. The summed E-state index contributed by atoms with van der Waals surface area (Å²) in [5, 5.41) is 0. The molecule has 4 nitrogen and oxygen atoms in total. The number of aromatic nitrogens is 1. The summed E-state index contributed by atoms with van der Waals surface area (Å²) < 4.78 is 5.73. The molecule has 1 fully saturated rings. The second kappa shape index (κ2) is 5.72. The molecule has 3 rings (SSSR count). The van der Waals surface area contributed by atoms with E-state index in [1.807, 2.05) is 43.0 Å². The van der Waals surface area contributed by atoms with Crippen molar-refractivity contribution in [3.8, 4) is 11.5 Å². The average molecular weight is 284 g/mol. The van der Waals surface area contributed by atoms with Crippen LogP contribution < -0.4 is 0 Å². The van der Waals surface area contributed by atoms with Crippen molar-refractivity contribution in [1.82, 2.24) is 9.88 Å². The Bertz CT molecular complexity index is 655. The van der Waals surface area contributed by atoms with E-state index in [2.05, 4.69) is 4.98 Å². The van der Waals surface area contributed by atoms with Crippen LogP contribution in [0.2, 0.25) is 0 Å². The molecule has 4 heteroatoms. The Morgan fingerprint density at radius 2 is 1.86 bits per heavy atom. The Morgan fingerprint density at radius 3 is 2.57 bits per heavy atom. The lowest BCUT2D eigenvalue weighted by atomic mass is 10.1. The topological polar surface area (TPSA) is 46.3 Å². The van der Waals surface area contributed by atoms with Gasteiger partial charge in [0, 0.05) is 18.7 Å². The van der Waals surface area contributed by atoms with E-state index in [1.165, 1.54) is 6.42 Å². The molecular formula is C17H20N2O2. The van der Waals surface area contributed by atoms with Crippen molar-refractivity contribution >= 4 is 5.91 Å². The highest BCUT2D eigenvalue weighted by molar-refractivity contribution is 5.93. The van der Waals surface area contributed by atoms with Crippen LogP contribution in [0.3, 0.4) is 0 Å². The Morgan fingerprint density at radius 1 is 1.14 bits per heavy atom. The molecule has 1 aromatic heterocycles. The van der Waals surface area contributed by atoms with Gasteiger partial charge < -0.3 is 9.32 Å². The maximum absolute atomic E-state index is 12.6. The van der Waals surface area contributed by atoms with Gasteiger partial charge in [0.25, 0.3) is 5.91 Å². The van der Waals surface area contributed by atoms with Crippen molar-refractivity contribution in [3.63, 3.8) is 0 Å². The van der Waals surface area contributed by atoms with Gasteiger partial charge in [-0.15, -0.1) is 0 Å². The number of nitrogens with zero attached hydrogens (tertiary/aromatic N) is 2. The molecule has 0 N–H and O–H groups in total.